The average molecular weight is 324 g/mol. The second-order valence-electron chi connectivity index (χ2n) is 5.90. The van der Waals surface area contributed by atoms with Crippen LogP contribution in [0.2, 0.25) is 0 Å². The van der Waals surface area contributed by atoms with Crippen LogP contribution in [0.3, 0.4) is 0 Å². The van der Waals surface area contributed by atoms with Gasteiger partial charge in [0.1, 0.15) is 11.3 Å². The number of rotatable bonds is 7. The number of nitrogens with zero attached hydrogens (tertiary/aromatic N) is 3. The largest absolute Gasteiger partial charge is 0.351 e. The number of fused-ring (bicyclic) bond motifs is 1. The summed E-state index contributed by atoms with van der Waals surface area (Å²) < 4.78 is 13.0. The molecule has 5 heteroatoms. The van der Waals surface area contributed by atoms with Crippen molar-refractivity contribution in [2.24, 2.45) is 0 Å². The van der Waals surface area contributed by atoms with Gasteiger partial charge in [-0.1, -0.05) is 25.5 Å². The number of nitrogens with one attached hydrogen (secondary N) is 1. The van der Waals surface area contributed by atoms with Gasteiger partial charge >= 0.3 is 0 Å². The number of pyridine rings is 1. The topological polar surface area (TPSA) is 50.7 Å². The fraction of sp³-hybridized carbons (Fsp3) is 0.316. The Kier molecular flexibility index (Phi) is 5.31. The van der Waals surface area contributed by atoms with Crippen LogP contribution in [-0.2, 0) is 6.42 Å². The molecule has 0 aliphatic rings. The molecule has 0 fully saturated rings. The molecule has 4 nitrogen and oxygen atoms in total. The van der Waals surface area contributed by atoms with Crippen molar-refractivity contribution in [3.63, 3.8) is 0 Å². The molecule has 0 saturated carbocycles. The summed E-state index contributed by atoms with van der Waals surface area (Å²) >= 11 is 0. The number of hydrogen-bond acceptors (Lipinski definition) is 4. The summed E-state index contributed by atoms with van der Waals surface area (Å²) in [4.78, 5) is 13.1. The van der Waals surface area contributed by atoms with Gasteiger partial charge in [-0.2, -0.15) is 0 Å². The molecule has 2 aromatic heterocycles. The Hall–Kier alpha value is -2.56. The Morgan fingerprint density at radius 2 is 1.88 bits per heavy atom. The Morgan fingerprint density at radius 3 is 2.67 bits per heavy atom. The highest BCUT2D eigenvalue weighted by Gasteiger charge is 2.10. The first kappa shape index (κ1) is 16.3. The van der Waals surface area contributed by atoms with Crippen LogP contribution in [0.1, 0.15) is 31.7 Å². The third-order valence-electron chi connectivity index (χ3n) is 4.02. The predicted octanol–water partition coefficient (Wildman–Crippen LogP) is 4.38. The van der Waals surface area contributed by atoms with Crippen molar-refractivity contribution >= 4 is 17.0 Å². The third-order valence-corrected chi connectivity index (χ3v) is 4.02. The van der Waals surface area contributed by atoms with Crippen molar-refractivity contribution < 1.29 is 4.39 Å². The van der Waals surface area contributed by atoms with E-state index in [0.29, 0.717) is 5.95 Å². The maximum absolute atomic E-state index is 13.0. The molecule has 0 aliphatic carbocycles. The van der Waals surface area contributed by atoms with Crippen LogP contribution in [-0.4, -0.2) is 21.0 Å². The fourth-order valence-electron chi connectivity index (χ4n) is 2.75. The quantitative estimate of drug-likeness (QED) is 0.701. The summed E-state index contributed by atoms with van der Waals surface area (Å²) in [6, 6.07) is 10.8. The van der Waals surface area contributed by atoms with Crippen molar-refractivity contribution in [2.45, 2.75) is 38.6 Å². The van der Waals surface area contributed by atoms with Crippen LogP contribution in [0.25, 0.3) is 11.0 Å². The summed E-state index contributed by atoms with van der Waals surface area (Å²) in [6.07, 6.45) is 7.45. The molecular weight excluding hydrogens is 303 g/mol. The monoisotopic (exact) mass is 324 g/mol. The smallest absolute Gasteiger partial charge is 0.223 e. The summed E-state index contributed by atoms with van der Waals surface area (Å²) in [5.41, 5.74) is 2.77. The highest BCUT2D eigenvalue weighted by Crippen LogP contribution is 2.15. The van der Waals surface area contributed by atoms with Crippen LogP contribution >= 0.6 is 0 Å². The first-order valence-electron chi connectivity index (χ1n) is 8.33. The van der Waals surface area contributed by atoms with Gasteiger partial charge in [-0.3, -0.25) is 4.98 Å². The van der Waals surface area contributed by atoms with Crippen LogP contribution in [0.15, 0.2) is 48.8 Å². The Bertz CT molecular complexity index is 789. The highest BCUT2D eigenvalue weighted by molar-refractivity contribution is 5.73. The van der Waals surface area contributed by atoms with E-state index < -0.39 is 0 Å². The van der Waals surface area contributed by atoms with E-state index >= 15 is 0 Å². The normalized spacial score (nSPS) is 12.2. The Morgan fingerprint density at radius 1 is 1.04 bits per heavy atom. The third kappa shape index (κ3) is 4.25. The molecule has 1 unspecified atom stereocenters. The molecule has 0 bridgehead atoms. The number of hydrogen-bond donors (Lipinski definition) is 1. The van der Waals surface area contributed by atoms with Crippen LogP contribution in [0.4, 0.5) is 10.3 Å². The van der Waals surface area contributed by atoms with Gasteiger partial charge in [-0.05, 0) is 49.1 Å². The molecule has 0 amide bonds. The van der Waals surface area contributed by atoms with Gasteiger partial charge in [0.15, 0.2) is 0 Å². The second-order valence-corrected chi connectivity index (χ2v) is 5.90. The lowest BCUT2D eigenvalue weighted by molar-refractivity contribution is 0.589. The van der Waals surface area contributed by atoms with E-state index in [0.717, 1.165) is 42.3 Å². The Balaban J connectivity index is 1.66. The van der Waals surface area contributed by atoms with E-state index in [1.54, 1.807) is 12.4 Å². The second kappa shape index (κ2) is 7.81. The first-order valence-corrected chi connectivity index (χ1v) is 8.33. The number of aryl methyl sites for hydroxylation is 1. The van der Waals surface area contributed by atoms with E-state index in [1.807, 2.05) is 24.3 Å². The standard InChI is InChI=1S/C19H21FN4/c1-2-4-16(11-8-14-6-9-15(20)10-7-14)23-19-22-13-18-17(24-19)5-3-12-21-18/h3,5-7,9-10,12-13,16H,2,4,8,11H2,1H3,(H,22,23,24). The van der Waals surface area contributed by atoms with E-state index in [2.05, 4.69) is 27.2 Å². The summed E-state index contributed by atoms with van der Waals surface area (Å²) in [7, 11) is 0. The minimum absolute atomic E-state index is 0.194. The van der Waals surface area contributed by atoms with Gasteiger partial charge in [0.05, 0.1) is 11.7 Å². The van der Waals surface area contributed by atoms with Crippen molar-refractivity contribution in [3.8, 4) is 0 Å². The van der Waals surface area contributed by atoms with E-state index in [1.165, 1.54) is 12.1 Å². The van der Waals surface area contributed by atoms with Crippen molar-refractivity contribution in [1.29, 1.82) is 0 Å². The molecule has 1 atom stereocenters. The minimum atomic E-state index is -0.194. The zero-order valence-corrected chi connectivity index (χ0v) is 13.7. The van der Waals surface area contributed by atoms with Gasteiger partial charge in [0.25, 0.3) is 0 Å². The maximum atomic E-state index is 13.0. The summed E-state index contributed by atoms with van der Waals surface area (Å²) in [6.45, 7) is 2.16. The Labute approximate surface area is 141 Å². The zero-order chi connectivity index (χ0) is 16.8. The van der Waals surface area contributed by atoms with Crippen LogP contribution in [0, 0.1) is 5.82 Å². The van der Waals surface area contributed by atoms with Gasteiger partial charge in [-0.25, -0.2) is 14.4 Å². The maximum Gasteiger partial charge on any atom is 0.223 e. The first-order chi connectivity index (χ1) is 11.7. The number of anilines is 1. The zero-order valence-electron chi connectivity index (χ0n) is 13.7. The molecule has 0 radical (unpaired) electrons. The fourth-order valence-corrected chi connectivity index (χ4v) is 2.75. The lowest BCUT2D eigenvalue weighted by Crippen LogP contribution is -2.21. The lowest BCUT2D eigenvalue weighted by atomic mass is 10.0. The van der Waals surface area contributed by atoms with Gasteiger partial charge in [0.2, 0.25) is 5.95 Å². The molecule has 3 rings (SSSR count). The molecule has 0 saturated heterocycles. The van der Waals surface area contributed by atoms with E-state index in [4.69, 9.17) is 0 Å². The molecule has 0 aliphatic heterocycles. The molecule has 2 heterocycles. The van der Waals surface area contributed by atoms with Crippen molar-refractivity contribution in [3.05, 3.63) is 60.2 Å². The highest BCUT2D eigenvalue weighted by atomic mass is 19.1. The molecule has 0 spiro atoms. The van der Waals surface area contributed by atoms with Gasteiger partial charge < -0.3 is 5.32 Å². The molecule has 1 N–H and O–H groups in total. The van der Waals surface area contributed by atoms with E-state index in [9.17, 15) is 4.39 Å². The SMILES string of the molecule is CCCC(CCc1ccc(F)cc1)Nc1ncc2ncccc2n1. The number of benzene rings is 1. The number of halogens is 1. The van der Waals surface area contributed by atoms with Gasteiger partial charge in [0, 0.05) is 12.2 Å². The minimum Gasteiger partial charge on any atom is -0.351 e. The molecular formula is C19H21FN4. The van der Waals surface area contributed by atoms with Gasteiger partial charge in [-0.15, -0.1) is 0 Å². The molecule has 24 heavy (non-hydrogen) atoms. The number of aromatic nitrogens is 3. The van der Waals surface area contributed by atoms with Crippen molar-refractivity contribution in [1.82, 2.24) is 15.0 Å². The van der Waals surface area contributed by atoms with Crippen LogP contribution < -0.4 is 5.32 Å². The molecule has 1 aromatic carbocycles. The predicted molar refractivity (Wildman–Crippen MR) is 94.4 cm³/mol. The average Bonchev–Trinajstić information content (AvgIpc) is 2.61. The summed E-state index contributed by atoms with van der Waals surface area (Å²) in [5.74, 6) is 0.438. The van der Waals surface area contributed by atoms with Crippen molar-refractivity contribution in [2.75, 3.05) is 5.32 Å². The lowest BCUT2D eigenvalue weighted by Gasteiger charge is -2.18. The summed E-state index contributed by atoms with van der Waals surface area (Å²) in [5, 5.41) is 3.43. The van der Waals surface area contributed by atoms with E-state index in [-0.39, 0.29) is 11.9 Å². The molecule has 124 valence electrons. The van der Waals surface area contributed by atoms with Crippen LogP contribution in [0.5, 0.6) is 0 Å². The molecule has 3 aromatic rings.